The summed E-state index contributed by atoms with van der Waals surface area (Å²) in [5, 5.41) is 0. The molecule has 0 saturated carbocycles. The van der Waals surface area contributed by atoms with Crippen LogP contribution in [0.5, 0.6) is 0 Å². The van der Waals surface area contributed by atoms with Crippen LogP contribution in [-0.4, -0.2) is 9.91 Å². The van der Waals surface area contributed by atoms with E-state index in [9.17, 15) is 0 Å². The molecule has 0 saturated heterocycles. The molecule has 32 valence electrons. The van der Waals surface area contributed by atoms with Gasteiger partial charge in [0.1, 0.15) is 0 Å². The molecule has 2 radical (unpaired) electrons. The smallest absolute Gasteiger partial charge is 0.0252 e. The second kappa shape index (κ2) is 22.4. The van der Waals surface area contributed by atoms with Crippen LogP contribution in [0.1, 0.15) is 0 Å². The Labute approximate surface area is 52.9 Å². The summed E-state index contributed by atoms with van der Waals surface area (Å²) >= 11 is 0. The Morgan fingerprint density at radius 1 is 1.25 bits per heavy atom. The molecule has 0 aliphatic heterocycles. The van der Waals surface area contributed by atoms with Gasteiger partial charge in [-0.15, -0.1) is 0 Å². The maximum atomic E-state index is 2.56. The van der Waals surface area contributed by atoms with Crippen molar-refractivity contribution in [3.63, 3.8) is 0 Å². The zero-order chi connectivity index (χ0) is 2.00. The molecule has 0 aliphatic carbocycles. The summed E-state index contributed by atoms with van der Waals surface area (Å²) in [7, 11) is 3.78. The Morgan fingerprint density at radius 3 is 1.25 bits per heavy atom. The van der Waals surface area contributed by atoms with E-state index in [1.807, 2.05) is 0 Å². The first-order valence-corrected chi connectivity index (χ1v) is 5.20. The molecule has 0 aliphatic rings. The molecule has 1 unspecified atom stereocenters. The molecule has 0 rings (SSSR count). The van der Waals surface area contributed by atoms with Crippen LogP contribution in [0.4, 0.5) is 0 Å². The minimum atomic E-state index is 0. The normalized spacial score (nSPS) is 2.25. The second-order valence-electron chi connectivity index (χ2n) is 0. The van der Waals surface area contributed by atoms with Crippen LogP contribution in [0.2, 0.25) is 0 Å². The van der Waals surface area contributed by atoms with Crippen molar-refractivity contribution >= 4 is 18.7 Å². The van der Waals surface area contributed by atoms with Crippen LogP contribution in [0.25, 0.3) is 0 Å². The fraction of sp³-hybridized carbons (Fsp3) is 0. The molecule has 0 amide bonds. The Balaban J connectivity index is -0.00000000500. The third-order valence-electron chi connectivity index (χ3n) is 0. The van der Waals surface area contributed by atoms with Crippen molar-refractivity contribution in [2.24, 2.45) is 0 Å². The number of hydrogen-bond acceptors (Lipinski definition) is 0. The predicted octanol–water partition coefficient (Wildman–Crippen LogP) is -0.863. The Hall–Kier alpha value is 1.69. The third-order valence-corrected chi connectivity index (χ3v) is 0. The van der Waals surface area contributed by atoms with Gasteiger partial charge < -0.3 is 0 Å². The van der Waals surface area contributed by atoms with E-state index in [4.69, 9.17) is 0 Å². The molecule has 0 N–H and O–H groups in total. The van der Waals surface area contributed by atoms with Gasteiger partial charge in [0.05, 0.1) is 0 Å². The molecule has 0 fully saturated rings. The van der Waals surface area contributed by atoms with Gasteiger partial charge in [-0.2, -0.15) is 8.79 Å². The van der Waals surface area contributed by atoms with E-state index in [1.165, 1.54) is 9.91 Å². The van der Waals surface area contributed by atoms with Crippen LogP contribution in [0, 0.1) is 0 Å². The summed E-state index contributed by atoms with van der Waals surface area (Å²) in [6, 6.07) is 0. The van der Waals surface area contributed by atoms with Crippen molar-refractivity contribution < 1.29 is 34.1 Å². The fourth-order valence-electron chi connectivity index (χ4n) is 0. The summed E-state index contributed by atoms with van der Waals surface area (Å²) in [6.07, 6.45) is 0. The van der Waals surface area contributed by atoms with E-state index < -0.39 is 0 Å². The zero-order valence-corrected chi connectivity index (χ0v) is 7.53. The van der Waals surface area contributed by atoms with Crippen molar-refractivity contribution in [2.45, 2.75) is 0 Å². The largest absolute Gasteiger partial charge is 0.159 e. The summed E-state index contributed by atoms with van der Waals surface area (Å²) < 4.78 is 0. The Kier molecular flexibility index (Phi) is 96.9. The van der Waals surface area contributed by atoms with Crippen LogP contribution < -0.4 is 0 Å². The molecule has 4 heteroatoms. The van der Waals surface area contributed by atoms with E-state index in [2.05, 4.69) is 8.79 Å². The van der Waals surface area contributed by atoms with Gasteiger partial charge in [-0.05, 0) is 0 Å². The molecule has 0 nitrogen and oxygen atoms in total. The van der Waals surface area contributed by atoms with Crippen LogP contribution in [0.15, 0.2) is 0 Å². The topological polar surface area (TPSA) is 0 Å². The molecular weight excluding hydrogens is 178 g/mol. The van der Waals surface area contributed by atoms with Crippen molar-refractivity contribution in [1.82, 2.24) is 0 Å². The van der Waals surface area contributed by atoms with Gasteiger partial charge in [0, 0.05) is 44.0 Å². The van der Waals surface area contributed by atoms with Crippen LogP contribution in [0.3, 0.4) is 0 Å². The fourth-order valence-corrected chi connectivity index (χ4v) is 0. The van der Waals surface area contributed by atoms with Gasteiger partial charge in [0.25, 0.3) is 0 Å². The van der Waals surface area contributed by atoms with Crippen LogP contribution in [-0.2, 0) is 34.1 Å². The number of hydrogen-bond donors (Lipinski definition) is 0. The second-order valence-corrected chi connectivity index (χ2v) is 0. The standard InChI is InChI=1S/Cu.Mn.H5PSi/c;;1-2/h;;1H2,2H3. The molecule has 0 aromatic heterocycles. The first-order valence-electron chi connectivity index (χ1n) is 0.577. The molecule has 0 spiro atoms. The first-order chi connectivity index (χ1) is 1.00. The molecule has 0 bridgehead atoms. The van der Waals surface area contributed by atoms with Gasteiger partial charge >= 0.3 is 0 Å². The quantitative estimate of drug-likeness (QED) is 0.338. The third kappa shape index (κ3) is 9.36. The Morgan fingerprint density at radius 2 is 1.25 bits per heavy atom. The Bertz CT molecular complexity index is 8.00. The summed E-state index contributed by atoms with van der Waals surface area (Å²) in [5.41, 5.74) is 0. The SMILES string of the molecule is [Cu].[Mn].[SiH3]P. The van der Waals surface area contributed by atoms with E-state index >= 15 is 0 Å². The van der Waals surface area contributed by atoms with E-state index in [0.717, 1.165) is 0 Å². The van der Waals surface area contributed by atoms with Crippen molar-refractivity contribution in [1.29, 1.82) is 0 Å². The zero-order valence-electron chi connectivity index (χ0n) is 2.26. The maximum absolute atomic E-state index is 2.56. The van der Waals surface area contributed by atoms with Gasteiger partial charge in [-0.3, -0.25) is 0 Å². The summed E-state index contributed by atoms with van der Waals surface area (Å²) in [6.45, 7) is 0. The molecule has 4 heavy (non-hydrogen) atoms. The van der Waals surface area contributed by atoms with E-state index in [-0.39, 0.29) is 34.1 Å². The monoisotopic (exact) mass is 182 g/mol. The summed E-state index contributed by atoms with van der Waals surface area (Å²) in [5.74, 6) is 0. The van der Waals surface area contributed by atoms with Crippen molar-refractivity contribution in [3.05, 3.63) is 0 Å². The summed E-state index contributed by atoms with van der Waals surface area (Å²) in [4.78, 5) is 0. The molecular formula is H5CuMnPSi. The maximum Gasteiger partial charge on any atom is 0.0252 e. The molecule has 0 heterocycles. The van der Waals surface area contributed by atoms with Gasteiger partial charge in [0.2, 0.25) is 0 Å². The van der Waals surface area contributed by atoms with Crippen molar-refractivity contribution in [3.8, 4) is 0 Å². The van der Waals surface area contributed by atoms with Gasteiger partial charge in [0.15, 0.2) is 0 Å². The van der Waals surface area contributed by atoms with Crippen molar-refractivity contribution in [2.75, 3.05) is 0 Å². The average molecular weight is 183 g/mol. The van der Waals surface area contributed by atoms with Gasteiger partial charge in [-0.25, -0.2) is 0 Å². The minimum Gasteiger partial charge on any atom is -0.159 e. The average Bonchev–Trinajstić information content (AvgIpc) is 1.00. The van der Waals surface area contributed by atoms with Crippen LogP contribution >= 0.6 is 8.79 Å². The predicted molar refractivity (Wildman–Crippen MR) is 19.6 cm³/mol. The van der Waals surface area contributed by atoms with E-state index in [1.54, 1.807) is 0 Å². The minimum absolute atomic E-state index is 0. The molecule has 0 aromatic carbocycles. The van der Waals surface area contributed by atoms with Gasteiger partial charge in [-0.1, -0.05) is 0 Å². The van der Waals surface area contributed by atoms with E-state index in [0.29, 0.717) is 0 Å². The number of rotatable bonds is 0. The molecule has 0 aromatic rings. The molecule has 1 atom stereocenters. The first kappa shape index (κ1) is 17.3.